The third kappa shape index (κ3) is 7.14. The first-order valence-corrected chi connectivity index (χ1v) is 12.4. The van der Waals surface area contributed by atoms with Gasteiger partial charge in [0.2, 0.25) is 11.7 Å². The average molecular weight is 505 g/mol. The Morgan fingerprint density at radius 2 is 2.12 bits per heavy atom. The zero-order valence-electron chi connectivity index (χ0n) is 19.7. The molecule has 1 fully saturated rings. The van der Waals surface area contributed by atoms with Crippen molar-refractivity contribution in [3.63, 3.8) is 0 Å². The first-order valence-electron chi connectivity index (χ1n) is 11.0. The van der Waals surface area contributed by atoms with Gasteiger partial charge < -0.3 is 25.2 Å². The molecule has 0 aliphatic carbocycles. The summed E-state index contributed by atoms with van der Waals surface area (Å²) in [6, 6.07) is -1.62. The van der Waals surface area contributed by atoms with Crippen LogP contribution in [-0.2, 0) is 19.1 Å². The van der Waals surface area contributed by atoms with Crippen LogP contribution in [0, 0.1) is 11.7 Å². The minimum absolute atomic E-state index is 0.0777. The van der Waals surface area contributed by atoms with Gasteiger partial charge in [0.1, 0.15) is 25.0 Å². The minimum atomic E-state index is -1.17. The van der Waals surface area contributed by atoms with E-state index in [1.807, 2.05) is 25.1 Å². The SMILES string of the molecule is CSCC[C@H](N)C(=O)N(C)[C@@H](CC(C)C)C(=O)OC[C@H]1O[C@@H](n2cc(F)c(=O)[nH]c2=O)C[C@@H]1O. The predicted octanol–water partition coefficient (Wildman–Crippen LogP) is -0.179. The molecule has 13 heteroatoms. The summed E-state index contributed by atoms with van der Waals surface area (Å²) in [6.07, 6.45) is 0.207. The Morgan fingerprint density at radius 3 is 2.74 bits per heavy atom. The summed E-state index contributed by atoms with van der Waals surface area (Å²) >= 11 is 1.57. The lowest BCUT2D eigenvalue weighted by atomic mass is 10.0. The van der Waals surface area contributed by atoms with Gasteiger partial charge in [-0.3, -0.25) is 19.1 Å². The molecule has 2 heterocycles. The maximum atomic E-state index is 13.6. The predicted molar refractivity (Wildman–Crippen MR) is 124 cm³/mol. The molecule has 1 aliphatic heterocycles. The zero-order valence-corrected chi connectivity index (χ0v) is 20.5. The van der Waals surface area contributed by atoms with Crippen LogP contribution in [0.15, 0.2) is 15.8 Å². The van der Waals surface area contributed by atoms with Gasteiger partial charge >= 0.3 is 11.7 Å². The molecule has 1 aromatic heterocycles. The molecule has 0 unspecified atom stereocenters. The number of nitrogens with one attached hydrogen (secondary N) is 1. The van der Waals surface area contributed by atoms with E-state index in [0.29, 0.717) is 24.8 Å². The van der Waals surface area contributed by atoms with Gasteiger partial charge in [0.15, 0.2) is 0 Å². The number of thioether (sulfide) groups is 1. The highest BCUT2D eigenvalue weighted by molar-refractivity contribution is 7.98. The lowest BCUT2D eigenvalue weighted by Crippen LogP contribution is -2.50. The fourth-order valence-corrected chi connectivity index (χ4v) is 4.10. The van der Waals surface area contributed by atoms with Crippen molar-refractivity contribution in [3.8, 4) is 0 Å². The molecule has 0 radical (unpaired) electrons. The van der Waals surface area contributed by atoms with Crippen LogP contribution >= 0.6 is 11.8 Å². The van der Waals surface area contributed by atoms with Crippen LogP contribution in [0.5, 0.6) is 0 Å². The number of hydrogen-bond donors (Lipinski definition) is 3. The Balaban J connectivity index is 2.04. The number of carbonyl (C=O) groups excluding carboxylic acids is 2. The number of H-pyrrole nitrogens is 1. The van der Waals surface area contributed by atoms with Gasteiger partial charge in [0.05, 0.1) is 18.3 Å². The van der Waals surface area contributed by atoms with E-state index in [4.69, 9.17) is 15.2 Å². The number of likely N-dealkylation sites (N-methyl/N-ethyl adjacent to an activating group) is 1. The Hall–Kier alpha value is -2.22. The number of nitrogens with zero attached hydrogens (tertiary/aromatic N) is 2. The normalized spacial score (nSPS) is 21.9. The summed E-state index contributed by atoms with van der Waals surface area (Å²) < 4.78 is 25.4. The molecule has 1 aliphatic rings. The van der Waals surface area contributed by atoms with Gasteiger partial charge in [-0.25, -0.2) is 9.59 Å². The second-order valence-corrected chi connectivity index (χ2v) is 9.67. The number of aliphatic hydroxyl groups is 1. The number of amides is 1. The summed E-state index contributed by atoms with van der Waals surface area (Å²) in [5.74, 6) is -1.43. The molecule has 0 spiro atoms. The lowest BCUT2D eigenvalue weighted by Gasteiger charge is -2.30. The maximum Gasteiger partial charge on any atom is 0.330 e. The largest absolute Gasteiger partial charge is 0.461 e. The van der Waals surface area contributed by atoms with E-state index in [2.05, 4.69) is 0 Å². The molecular weight excluding hydrogens is 471 g/mol. The first kappa shape index (κ1) is 28.0. The minimum Gasteiger partial charge on any atom is -0.461 e. The fraction of sp³-hybridized carbons (Fsp3) is 0.714. The fourth-order valence-electron chi connectivity index (χ4n) is 3.61. The molecule has 1 amide bonds. The quantitative estimate of drug-likeness (QED) is 0.348. The number of aromatic nitrogens is 2. The van der Waals surface area contributed by atoms with Crippen LogP contribution in [0.1, 0.15) is 39.3 Å². The smallest absolute Gasteiger partial charge is 0.330 e. The summed E-state index contributed by atoms with van der Waals surface area (Å²) in [6.45, 7) is 3.47. The standard InChI is InChI=1S/C21H33FN4O7S/c1-11(2)7-14(25(3)19(29)13(23)5-6-34-4)20(30)32-10-16-15(27)8-17(33-16)26-9-12(22)18(28)24-21(26)31/h9,11,13-17,27H,5-8,10,23H2,1-4H3,(H,24,28,31)/t13-,14-,15-,16+,17+/m0/s1. The molecule has 34 heavy (non-hydrogen) atoms. The highest BCUT2D eigenvalue weighted by atomic mass is 32.2. The van der Waals surface area contributed by atoms with Crippen LogP contribution in [0.4, 0.5) is 4.39 Å². The highest BCUT2D eigenvalue weighted by Crippen LogP contribution is 2.28. The Morgan fingerprint density at radius 1 is 1.44 bits per heavy atom. The van der Waals surface area contributed by atoms with Gasteiger partial charge in [-0.1, -0.05) is 13.8 Å². The molecule has 2 rings (SSSR count). The van der Waals surface area contributed by atoms with Crippen molar-refractivity contribution in [2.75, 3.05) is 25.7 Å². The van der Waals surface area contributed by atoms with Gasteiger partial charge in [0.25, 0.3) is 5.56 Å². The summed E-state index contributed by atoms with van der Waals surface area (Å²) in [5, 5.41) is 10.3. The number of ether oxygens (including phenoxy) is 2. The molecule has 1 saturated heterocycles. The van der Waals surface area contributed by atoms with Crippen molar-refractivity contribution >= 4 is 23.6 Å². The monoisotopic (exact) mass is 504 g/mol. The number of aromatic amines is 1. The second-order valence-electron chi connectivity index (χ2n) is 8.69. The molecular formula is C21H33FN4O7S. The van der Waals surface area contributed by atoms with E-state index in [9.17, 15) is 28.7 Å². The van der Waals surface area contributed by atoms with Crippen LogP contribution in [0.3, 0.4) is 0 Å². The van der Waals surface area contributed by atoms with E-state index in [1.54, 1.807) is 11.8 Å². The summed E-state index contributed by atoms with van der Waals surface area (Å²) in [4.78, 5) is 51.9. The lowest BCUT2D eigenvalue weighted by molar-refractivity contribution is -0.160. The van der Waals surface area contributed by atoms with Crippen LogP contribution in [-0.4, -0.2) is 81.4 Å². The van der Waals surface area contributed by atoms with Crippen molar-refractivity contribution in [3.05, 3.63) is 32.9 Å². The van der Waals surface area contributed by atoms with E-state index >= 15 is 0 Å². The maximum absolute atomic E-state index is 13.6. The zero-order chi connectivity index (χ0) is 25.6. The van der Waals surface area contributed by atoms with Gasteiger partial charge in [-0.2, -0.15) is 16.2 Å². The molecule has 11 nitrogen and oxygen atoms in total. The molecule has 0 aromatic carbocycles. The third-order valence-corrected chi connectivity index (χ3v) is 6.20. The highest BCUT2D eigenvalue weighted by Gasteiger charge is 2.38. The summed E-state index contributed by atoms with van der Waals surface area (Å²) in [7, 11) is 1.50. The summed E-state index contributed by atoms with van der Waals surface area (Å²) in [5.41, 5.74) is 3.93. The Bertz CT molecular complexity index is 969. The van der Waals surface area contributed by atoms with Crippen molar-refractivity contribution in [2.45, 2.75) is 63.6 Å². The van der Waals surface area contributed by atoms with Crippen LogP contribution in [0.2, 0.25) is 0 Å². The Kier molecular flexibility index (Phi) is 10.3. The number of esters is 1. The third-order valence-electron chi connectivity index (χ3n) is 5.56. The van der Waals surface area contributed by atoms with Crippen molar-refractivity contribution in [1.29, 1.82) is 0 Å². The second kappa shape index (κ2) is 12.5. The van der Waals surface area contributed by atoms with Crippen molar-refractivity contribution < 1.29 is 28.6 Å². The van der Waals surface area contributed by atoms with E-state index in [0.717, 1.165) is 4.57 Å². The molecule has 4 N–H and O–H groups in total. The molecule has 192 valence electrons. The topological polar surface area (TPSA) is 157 Å². The van der Waals surface area contributed by atoms with Gasteiger partial charge in [-0.05, 0) is 30.8 Å². The molecule has 0 saturated carbocycles. The van der Waals surface area contributed by atoms with E-state index < -0.39 is 53.6 Å². The molecule has 5 atom stereocenters. The average Bonchev–Trinajstić information content (AvgIpc) is 3.15. The van der Waals surface area contributed by atoms with Gasteiger partial charge in [0, 0.05) is 13.5 Å². The van der Waals surface area contributed by atoms with E-state index in [1.165, 1.54) is 11.9 Å². The number of halogens is 1. The van der Waals surface area contributed by atoms with Crippen LogP contribution < -0.4 is 17.0 Å². The number of rotatable bonds is 11. The van der Waals surface area contributed by atoms with Crippen molar-refractivity contribution in [2.24, 2.45) is 11.7 Å². The van der Waals surface area contributed by atoms with Gasteiger partial charge in [-0.15, -0.1) is 0 Å². The Labute approximate surface area is 200 Å². The van der Waals surface area contributed by atoms with Crippen LogP contribution in [0.25, 0.3) is 0 Å². The molecule has 1 aromatic rings. The number of aliphatic hydroxyl groups excluding tert-OH is 1. The number of nitrogens with two attached hydrogens (primary N) is 1. The molecule has 0 bridgehead atoms. The number of hydrogen-bond acceptors (Lipinski definition) is 9. The first-order chi connectivity index (χ1) is 16.0. The van der Waals surface area contributed by atoms with Crippen molar-refractivity contribution in [1.82, 2.24) is 14.5 Å². The number of carbonyl (C=O) groups is 2. The van der Waals surface area contributed by atoms with E-state index in [-0.39, 0.29) is 24.9 Å².